The number of hydrogen-bond acceptors (Lipinski definition) is 7. The topological polar surface area (TPSA) is 128 Å². The van der Waals surface area contributed by atoms with E-state index >= 15 is 0 Å². The standard InChI is InChI=1S/C19H33N5O6S/c1-13(2)18(26)20-9-16-19(27)23-10-14(21-31(3,28)29)8-15(23)11-24(16)17(25)12-22-4-6-30-7-5-22/h13-16,21H,4-12H2,1-3H3,(H,20,26)/t14-,15-,16-/m0/s1. The van der Waals surface area contributed by atoms with Gasteiger partial charge in [-0.1, -0.05) is 13.8 Å². The van der Waals surface area contributed by atoms with Gasteiger partial charge in [0.05, 0.1) is 32.1 Å². The number of carbonyl (C=O) groups excluding carboxylic acids is 3. The van der Waals surface area contributed by atoms with Crippen LogP contribution < -0.4 is 10.0 Å². The van der Waals surface area contributed by atoms with Crippen LogP contribution in [0.15, 0.2) is 0 Å². The van der Waals surface area contributed by atoms with Crippen molar-refractivity contribution in [3.63, 3.8) is 0 Å². The van der Waals surface area contributed by atoms with Crippen LogP contribution in [0.4, 0.5) is 0 Å². The van der Waals surface area contributed by atoms with E-state index in [0.29, 0.717) is 39.3 Å². The average Bonchev–Trinajstić information content (AvgIpc) is 3.08. The van der Waals surface area contributed by atoms with Gasteiger partial charge in [0.25, 0.3) is 0 Å². The molecule has 0 aromatic heterocycles. The molecule has 0 spiro atoms. The van der Waals surface area contributed by atoms with Crippen molar-refractivity contribution in [3.05, 3.63) is 0 Å². The molecule has 3 amide bonds. The van der Waals surface area contributed by atoms with Crippen molar-refractivity contribution in [2.45, 2.75) is 38.4 Å². The Morgan fingerprint density at radius 1 is 1.19 bits per heavy atom. The SMILES string of the molecule is CC(C)C(=O)NC[C@H]1C(=O)N2C[C@@H](NS(C)(=O)=O)C[C@H]2CN1C(=O)CN1CCOCC1. The maximum atomic E-state index is 13.3. The van der Waals surface area contributed by atoms with E-state index in [9.17, 15) is 22.8 Å². The molecule has 0 aliphatic carbocycles. The molecule has 31 heavy (non-hydrogen) atoms. The van der Waals surface area contributed by atoms with Gasteiger partial charge in [0.1, 0.15) is 6.04 Å². The zero-order valence-electron chi connectivity index (χ0n) is 18.4. The van der Waals surface area contributed by atoms with Crippen molar-refractivity contribution in [1.29, 1.82) is 0 Å². The first-order chi connectivity index (χ1) is 14.5. The van der Waals surface area contributed by atoms with Crippen LogP contribution in [0.1, 0.15) is 20.3 Å². The van der Waals surface area contributed by atoms with Gasteiger partial charge in [-0.25, -0.2) is 13.1 Å². The summed E-state index contributed by atoms with van der Waals surface area (Å²) in [6, 6.07) is -1.44. The molecule has 3 saturated heterocycles. The second kappa shape index (κ2) is 9.80. The number of fused-ring (bicyclic) bond motifs is 1. The third-order valence-corrected chi connectivity index (χ3v) is 6.69. The molecule has 0 radical (unpaired) electrons. The quantitative estimate of drug-likeness (QED) is 0.443. The first-order valence-electron chi connectivity index (χ1n) is 10.7. The van der Waals surface area contributed by atoms with Crippen molar-refractivity contribution >= 4 is 27.7 Å². The number of nitrogens with zero attached hydrogens (tertiary/aromatic N) is 3. The zero-order chi connectivity index (χ0) is 22.8. The molecule has 3 aliphatic rings. The van der Waals surface area contributed by atoms with Crippen LogP contribution in [0.25, 0.3) is 0 Å². The van der Waals surface area contributed by atoms with Gasteiger partial charge in [-0.3, -0.25) is 19.3 Å². The predicted molar refractivity (Wildman–Crippen MR) is 112 cm³/mol. The van der Waals surface area contributed by atoms with Crippen molar-refractivity contribution in [1.82, 2.24) is 24.7 Å². The summed E-state index contributed by atoms with van der Waals surface area (Å²) in [5.41, 5.74) is 0. The minimum Gasteiger partial charge on any atom is -0.379 e. The Bertz CT molecular complexity index is 798. The minimum atomic E-state index is -3.41. The summed E-state index contributed by atoms with van der Waals surface area (Å²) in [7, 11) is -3.41. The average molecular weight is 460 g/mol. The number of sulfonamides is 1. The summed E-state index contributed by atoms with van der Waals surface area (Å²) in [5, 5.41) is 2.77. The number of hydrogen-bond donors (Lipinski definition) is 2. The zero-order valence-corrected chi connectivity index (χ0v) is 19.2. The molecule has 0 aromatic carbocycles. The Kier molecular flexibility index (Phi) is 7.55. The van der Waals surface area contributed by atoms with Gasteiger partial charge in [-0.05, 0) is 6.42 Å². The molecule has 12 heteroatoms. The Labute approximate surface area is 183 Å². The Hall–Kier alpha value is -1.76. The fourth-order valence-corrected chi connectivity index (χ4v) is 5.12. The maximum Gasteiger partial charge on any atom is 0.247 e. The Morgan fingerprint density at radius 2 is 1.87 bits per heavy atom. The van der Waals surface area contributed by atoms with Gasteiger partial charge in [-0.2, -0.15) is 0 Å². The fraction of sp³-hybridized carbons (Fsp3) is 0.842. The monoisotopic (exact) mass is 459 g/mol. The molecule has 0 bridgehead atoms. The number of amides is 3. The molecule has 0 saturated carbocycles. The molecule has 3 aliphatic heterocycles. The first kappa shape index (κ1) is 23.9. The maximum absolute atomic E-state index is 13.3. The number of ether oxygens (including phenoxy) is 1. The summed E-state index contributed by atoms with van der Waals surface area (Å²) in [6.45, 7) is 6.76. The van der Waals surface area contributed by atoms with Crippen molar-refractivity contribution < 1.29 is 27.5 Å². The van der Waals surface area contributed by atoms with Crippen LogP contribution >= 0.6 is 0 Å². The molecule has 11 nitrogen and oxygen atoms in total. The lowest BCUT2D eigenvalue weighted by Crippen LogP contribution is -2.65. The highest BCUT2D eigenvalue weighted by Crippen LogP contribution is 2.27. The minimum absolute atomic E-state index is 0.0398. The van der Waals surface area contributed by atoms with E-state index in [1.807, 2.05) is 4.90 Å². The van der Waals surface area contributed by atoms with Gasteiger partial charge in [0, 0.05) is 44.7 Å². The molecule has 2 N–H and O–H groups in total. The fourth-order valence-electron chi connectivity index (χ4n) is 4.34. The normalized spacial score (nSPS) is 27.5. The summed E-state index contributed by atoms with van der Waals surface area (Å²) >= 11 is 0. The third-order valence-electron chi connectivity index (χ3n) is 5.92. The molecular formula is C19H33N5O6S. The molecule has 176 valence electrons. The molecule has 0 unspecified atom stereocenters. The second-order valence-electron chi connectivity index (χ2n) is 8.82. The first-order valence-corrected chi connectivity index (χ1v) is 12.6. The van der Waals surface area contributed by atoms with Crippen LogP contribution in [-0.2, 0) is 29.1 Å². The molecule has 3 rings (SSSR count). The summed E-state index contributed by atoms with van der Waals surface area (Å²) in [6.07, 6.45) is 1.54. The largest absolute Gasteiger partial charge is 0.379 e. The number of nitrogens with one attached hydrogen (secondary N) is 2. The van der Waals surface area contributed by atoms with E-state index < -0.39 is 16.1 Å². The van der Waals surface area contributed by atoms with Crippen LogP contribution in [0.2, 0.25) is 0 Å². The highest BCUT2D eigenvalue weighted by molar-refractivity contribution is 7.88. The summed E-state index contributed by atoms with van der Waals surface area (Å²) < 4.78 is 31.2. The van der Waals surface area contributed by atoms with E-state index in [2.05, 4.69) is 10.0 Å². The number of rotatable bonds is 7. The van der Waals surface area contributed by atoms with Crippen LogP contribution in [0.3, 0.4) is 0 Å². The lowest BCUT2D eigenvalue weighted by atomic mass is 10.0. The number of morpholine rings is 1. The van der Waals surface area contributed by atoms with E-state index in [-0.39, 0.29) is 55.4 Å². The van der Waals surface area contributed by atoms with Gasteiger partial charge < -0.3 is 19.9 Å². The van der Waals surface area contributed by atoms with Crippen molar-refractivity contribution in [3.8, 4) is 0 Å². The summed E-state index contributed by atoms with van der Waals surface area (Å²) in [4.78, 5) is 43.7. The lowest BCUT2D eigenvalue weighted by Gasteiger charge is -2.43. The Balaban J connectivity index is 1.74. The van der Waals surface area contributed by atoms with Crippen molar-refractivity contribution in [2.24, 2.45) is 5.92 Å². The van der Waals surface area contributed by atoms with E-state index in [1.54, 1.807) is 23.6 Å². The predicted octanol–water partition coefficient (Wildman–Crippen LogP) is -2.18. The van der Waals surface area contributed by atoms with Crippen molar-refractivity contribution in [2.75, 3.05) is 58.7 Å². The second-order valence-corrected chi connectivity index (χ2v) is 10.6. The molecule has 0 aromatic rings. The third kappa shape index (κ3) is 6.15. The highest BCUT2D eigenvalue weighted by atomic mass is 32.2. The van der Waals surface area contributed by atoms with Crippen LogP contribution in [0, 0.1) is 5.92 Å². The molecular weight excluding hydrogens is 426 g/mol. The van der Waals surface area contributed by atoms with Gasteiger partial charge in [0.2, 0.25) is 27.7 Å². The van der Waals surface area contributed by atoms with Gasteiger partial charge in [-0.15, -0.1) is 0 Å². The summed E-state index contributed by atoms with van der Waals surface area (Å²) in [5.74, 6) is -0.848. The van der Waals surface area contributed by atoms with Crippen LogP contribution in [-0.4, -0.2) is 118 Å². The molecule has 3 heterocycles. The highest BCUT2D eigenvalue weighted by Gasteiger charge is 2.47. The van der Waals surface area contributed by atoms with Gasteiger partial charge >= 0.3 is 0 Å². The lowest BCUT2D eigenvalue weighted by molar-refractivity contribution is -0.154. The molecule has 3 atom stereocenters. The number of piperazine rings is 1. The number of carbonyl (C=O) groups is 3. The van der Waals surface area contributed by atoms with E-state index in [1.165, 1.54) is 0 Å². The van der Waals surface area contributed by atoms with E-state index in [4.69, 9.17) is 4.74 Å². The van der Waals surface area contributed by atoms with Crippen LogP contribution in [0.5, 0.6) is 0 Å². The van der Waals surface area contributed by atoms with Gasteiger partial charge in [0.15, 0.2) is 0 Å². The molecule has 3 fully saturated rings. The smallest absolute Gasteiger partial charge is 0.247 e. The van der Waals surface area contributed by atoms with E-state index in [0.717, 1.165) is 6.26 Å². The Morgan fingerprint density at radius 3 is 2.48 bits per heavy atom.